The maximum absolute atomic E-state index is 12.8. The molecule has 1 atom stereocenters. The van der Waals surface area contributed by atoms with Gasteiger partial charge in [0.2, 0.25) is 0 Å². The van der Waals surface area contributed by atoms with Gasteiger partial charge in [-0.3, -0.25) is 4.57 Å². The van der Waals surface area contributed by atoms with E-state index in [4.69, 9.17) is 11.6 Å². The Morgan fingerprint density at radius 2 is 2.12 bits per heavy atom. The summed E-state index contributed by atoms with van der Waals surface area (Å²) in [4.78, 5) is 12.8. The number of aryl methyl sites for hydroxylation is 2. The lowest BCUT2D eigenvalue weighted by atomic mass is 10.1. The first-order chi connectivity index (χ1) is 11.7. The molecular weight excluding hydrogens is 421 g/mol. The van der Waals surface area contributed by atoms with Gasteiger partial charge in [-0.2, -0.15) is 4.68 Å². The van der Waals surface area contributed by atoms with Crippen LogP contribution in [-0.2, 0) is 19.4 Å². The molecule has 0 spiro atoms. The number of rotatable bonds is 4. The molecule has 0 aliphatic carbocycles. The molecule has 0 radical (unpaired) electrons. The highest BCUT2D eigenvalue weighted by Crippen LogP contribution is 2.47. The zero-order chi connectivity index (χ0) is 18.4. The second kappa shape index (κ2) is 7.09. The molecule has 0 N–H and O–H groups in total. The monoisotopic (exact) mass is 443 g/mol. The standard InChI is InChI=1S/C18H24BrClN3OP/c1-12-9-14(20)13(11-16(19)25(2,3)4)10-15(12)23-18(24)22-8-6-5-7-17(22)21-23/h9-10,16H,2,5-8,11H2,1,3-4H3. The lowest BCUT2D eigenvalue weighted by molar-refractivity contribution is 0.512. The molecule has 2 aromatic rings. The van der Waals surface area contributed by atoms with Crippen LogP contribution >= 0.6 is 34.4 Å². The van der Waals surface area contributed by atoms with Gasteiger partial charge in [0.1, 0.15) is 5.82 Å². The van der Waals surface area contributed by atoms with Crippen molar-refractivity contribution < 1.29 is 0 Å². The molecule has 1 aromatic heterocycles. The van der Waals surface area contributed by atoms with Gasteiger partial charge in [-0.05, 0) is 62.8 Å². The van der Waals surface area contributed by atoms with Gasteiger partial charge in [0.05, 0.1) is 5.69 Å². The van der Waals surface area contributed by atoms with Crippen molar-refractivity contribution in [3.8, 4) is 5.69 Å². The number of alkyl halides is 1. The number of benzene rings is 1. The molecule has 0 amide bonds. The number of fused-ring (bicyclic) bond motifs is 1. The van der Waals surface area contributed by atoms with Gasteiger partial charge in [-0.15, -0.1) is 18.3 Å². The average molecular weight is 445 g/mol. The second-order valence-corrected chi connectivity index (χ2v) is 13.8. The summed E-state index contributed by atoms with van der Waals surface area (Å²) in [5.41, 5.74) is 2.76. The topological polar surface area (TPSA) is 39.8 Å². The highest BCUT2D eigenvalue weighted by atomic mass is 79.9. The fraction of sp³-hybridized carbons (Fsp3) is 0.500. The van der Waals surface area contributed by atoms with Crippen molar-refractivity contribution in [2.24, 2.45) is 0 Å². The Hall–Kier alpha value is -0.770. The minimum Gasteiger partial charge on any atom is -0.279 e. The Labute approximate surface area is 162 Å². The van der Waals surface area contributed by atoms with Crippen LogP contribution in [0.15, 0.2) is 16.9 Å². The van der Waals surface area contributed by atoms with E-state index in [-0.39, 0.29) is 5.69 Å². The third-order valence-electron chi connectivity index (χ3n) is 4.71. The van der Waals surface area contributed by atoms with Crippen molar-refractivity contribution in [3.05, 3.63) is 44.6 Å². The Kier molecular flexibility index (Phi) is 5.39. The van der Waals surface area contributed by atoms with E-state index in [9.17, 15) is 4.79 Å². The van der Waals surface area contributed by atoms with E-state index < -0.39 is 6.89 Å². The first-order valence-corrected chi connectivity index (χ1v) is 12.7. The summed E-state index contributed by atoms with van der Waals surface area (Å²) in [6.07, 6.45) is 8.09. The molecule has 1 unspecified atom stereocenters. The highest BCUT2D eigenvalue weighted by Gasteiger charge is 2.21. The number of aromatic nitrogens is 3. The fourth-order valence-corrected chi connectivity index (χ4v) is 4.41. The zero-order valence-corrected chi connectivity index (χ0v) is 18.2. The Morgan fingerprint density at radius 1 is 1.40 bits per heavy atom. The summed E-state index contributed by atoms with van der Waals surface area (Å²) in [7, 11) is 0. The molecule has 3 rings (SSSR count). The largest absolute Gasteiger partial charge is 0.350 e. The van der Waals surface area contributed by atoms with Crippen LogP contribution < -0.4 is 5.69 Å². The van der Waals surface area contributed by atoms with Crippen LogP contribution in [0.2, 0.25) is 5.02 Å². The smallest absolute Gasteiger partial charge is 0.279 e. The molecular formula is C18H24BrClN3OP. The Bertz CT molecular complexity index is 912. The predicted molar refractivity (Wildman–Crippen MR) is 113 cm³/mol. The van der Waals surface area contributed by atoms with E-state index in [1.165, 1.54) is 0 Å². The van der Waals surface area contributed by atoms with E-state index in [0.717, 1.165) is 59.9 Å². The van der Waals surface area contributed by atoms with Gasteiger partial charge in [0.25, 0.3) is 0 Å². The van der Waals surface area contributed by atoms with Crippen molar-refractivity contribution in [2.45, 2.75) is 43.7 Å². The van der Waals surface area contributed by atoms with Gasteiger partial charge in [-0.1, -0.05) is 27.5 Å². The van der Waals surface area contributed by atoms with Crippen LogP contribution in [0.25, 0.3) is 5.69 Å². The maximum Gasteiger partial charge on any atom is 0.350 e. The van der Waals surface area contributed by atoms with Crippen molar-refractivity contribution in [2.75, 3.05) is 13.3 Å². The predicted octanol–water partition coefficient (Wildman–Crippen LogP) is 4.30. The quantitative estimate of drug-likeness (QED) is 0.521. The van der Waals surface area contributed by atoms with Gasteiger partial charge < -0.3 is 0 Å². The first kappa shape index (κ1) is 19.0. The van der Waals surface area contributed by atoms with Crippen LogP contribution in [0.5, 0.6) is 0 Å². The molecule has 25 heavy (non-hydrogen) atoms. The summed E-state index contributed by atoms with van der Waals surface area (Å²) < 4.78 is 3.64. The van der Waals surface area contributed by atoms with Crippen molar-refractivity contribution in [1.82, 2.24) is 14.3 Å². The molecule has 4 nitrogen and oxygen atoms in total. The molecule has 2 heterocycles. The Morgan fingerprint density at radius 3 is 2.76 bits per heavy atom. The SMILES string of the molecule is C=P(C)(C)C(Br)Cc1cc(-n2nc3n(c2=O)CCCC3)c(C)cc1Cl. The van der Waals surface area contributed by atoms with Crippen LogP contribution in [0.4, 0.5) is 0 Å². The molecule has 136 valence electrons. The molecule has 1 aromatic carbocycles. The summed E-state index contributed by atoms with van der Waals surface area (Å²) >= 11 is 10.3. The highest BCUT2D eigenvalue weighted by molar-refractivity contribution is 9.10. The summed E-state index contributed by atoms with van der Waals surface area (Å²) in [6.45, 7) is 5.84. The van der Waals surface area contributed by atoms with Gasteiger partial charge in [0.15, 0.2) is 0 Å². The van der Waals surface area contributed by atoms with Crippen molar-refractivity contribution in [3.63, 3.8) is 0 Å². The van der Waals surface area contributed by atoms with Crippen LogP contribution in [0.1, 0.15) is 29.8 Å². The molecule has 0 saturated heterocycles. The summed E-state index contributed by atoms with van der Waals surface area (Å²) in [5.74, 6) is 0.885. The van der Waals surface area contributed by atoms with Gasteiger partial charge in [0, 0.05) is 22.6 Å². The molecule has 0 bridgehead atoms. The number of halogens is 2. The first-order valence-electron chi connectivity index (χ1n) is 8.48. The second-order valence-electron chi connectivity index (χ2n) is 7.37. The van der Waals surface area contributed by atoms with E-state index in [0.29, 0.717) is 4.57 Å². The van der Waals surface area contributed by atoms with Crippen LogP contribution in [0.3, 0.4) is 0 Å². The maximum atomic E-state index is 12.8. The normalized spacial score (nSPS) is 15.9. The number of hydrogen-bond donors (Lipinski definition) is 0. The van der Waals surface area contributed by atoms with Crippen molar-refractivity contribution in [1.29, 1.82) is 0 Å². The van der Waals surface area contributed by atoms with Gasteiger partial charge >= 0.3 is 5.69 Å². The minimum absolute atomic E-state index is 0.0496. The Balaban J connectivity index is 2.06. The lowest BCUT2D eigenvalue weighted by Crippen LogP contribution is -2.26. The van der Waals surface area contributed by atoms with E-state index in [2.05, 4.69) is 40.7 Å². The van der Waals surface area contributed by atoms with E-state index >= 15 is 0 Å². The molecule has 1 aliphatic rings. The van der Waals surface area contributed by atoms with Crippen molar-refractivity contribution >= 4 is 40.7 Å². The minimum atomic E-state index is -1.29. The number of nitrogens with zero attached hydrogens (tertiary/aromatic N) is 3. The summed E-state index contributed by atoms with van der Waals surface area (Å²) in [5, 5.41) is 5.32. The molecule has 1 aliphatic heterocycles. The molecule has 7 heteroatoms. The molecule has 0 fully saturated rings. The van der Waals surface area contributed by atoms with Crippen LogP contribution in [0, 0.1) is 6.92 Å². The van der Waals surface area contributed by atoms with Gasteiger partial charge in [-0.25, -0.2) is 4.79 Å². The van der Waals surface area contributed by atoms with E-state index in [1.807, 2.05) is 19.1 Å². The number of hydrogen-bond acceptors (Lipinski definition) is 2. The fourth-order valence-electron chi connectivity index (χ4n) is 3.07. The van der Waals surface area contributed by atoms with Crippen LogP contribution in [-0.4, -0.2) is 38.5 Å². The average Bonchev–Trinajstić information content (AvgIpc) is 2.86. The zero-order valence-electron chi connectivity index (χ0n) is 14.9. The molecule has 0 saturated carbocycles. The van der Waals surface area contributed by atoms with E-state index in [1.54, 1.807) is 9.25 Å². The summed E-state index contributed by atoms with van der Waals surface area (Å²) in [6, 6.07) is 3.95. The third-order valence-corrected chi connectivity index (χ3v) is 10.4. The third kappa shape index (κ3) is 3.84. The lowest BCUT2D eigenvalue weighted by Gasteiger charge is -2.21.